The molecule has 0 heterocycles. The van der Waals surface area contributed by atoms with Crippen LogP contribution in [0.4, 0.5) is 0 Å². The number of ketones is 1. The quantitative estimate of drug-likeness (QED) is 0.798. The first-order chi connectivity index (χ1) is 8.38. The van der Waals surface area contributed by atoms with Crippen LogP contribution in [0, 0.1) is 17.3 Å². The second-order valence-electron chi connectivity index (χ2n) is 6.19. The number of carbonyl (C=O) groups is 2. The predicted octanol–water partition coefficient (Wildman–Crippen LogP) is 1.48. The Balaban J connectivity index is 2.74. The molecule has 0 aromatic carbocycles. The summed E-state index contributed by atoms with van der Waals surface area (Å²) in [4.78, 5) is 24.5. The zero-order chi connectivity index (χ0) is 13.8. The SMILES string of the molecule is CC(C)(C)C(=O)C1CCCCC1C(=O)NCCN. The van der Waals surface area contributed by atoms with E-state index in [4.69, 9.17) is 5.73 Å². The summed E-state index contributed by atoms with van der Waals surface area (Å²) in [5.41, 5.74) is 5.02. The van der Waals surface area contributed by atoms with E-state index in [1.54, 1.807) is 0 Å². The van der Waals surface area contributed by atoms with Crippen LogP contribution in [0.2, 0.25) is 0 Å². The summed E-state index contributed by atoms with van der Waals surface area (Å²) in [6, 6.07) is 0. The molecule has 2 unspecified atom stereocenters. The van der Waals surface area contributed by atoms with E-state index in [0.717, 1.165) is 25.7 Å². The Bertz CT molecular complexity index is 307. The Kier molecular flexibility index (Phi) is 5.32. The first-order valence-electron chi connectivity index (χ1n) is 6.90. The second-order valence-corrected chi connectivity index (χ2v) is 6.19. The number of nitrogens with one attached hydrogen (secondary N) is 1. The third-order valence-corrected chi connectivity index (χ3v) is 3.62. The van der Waals surface area contributed by atoms with Crippen LogP contribution in [-0.4, -0.2) is 24.8 Å². The molecule has 18 heavy (non-hydrogen) atoms. The van der Waals surface area contributed by atoms with Crippen LogP contribution in [-0.2, 0) is 9.59 Å². The number of rotatable bonds is 4. The fourth-order valence-corrected chi connectivity index (χ4v) is 2.64. The zero-order valence-corrected chi connectivity index (χ0v) is 11.8. The third-order valence-electron chi connectivity index (χ3n) is 3.62. The molecule has 4 nitrogen and oxygen atoms in total. The van der Waals surface area contributed by atoms with E-state index in [-0.39, 0.29) is 28.9 Å². The molecule has 1 aliphatic rings. The van der Waals surface area contributed by atoms with Crippen molar-refractivity contribution in [2.45, 2.75) is 46.5 Å². The fourth-order valence-electron chi connectivity index (χ4n) is 2.64. The van der Waals surface area contributed by atoms with Gasteiger partial charge in [0.05, 0.1) is 0 Å². The van der Waals surface area contributed by atoms with Crippen molar-refractivity contribution < 1.29 is 9.59 Å². The average Bonchev–Trinajstić information content (AvgIpc) is 2.34. The number of nitrogens with two attached hydrogens (primary N) is 1. The molecule has 4 heteroatoms. The van der Waals surface area contributed by atoms with E-state index in [2.05, 4.69) is 5.32 Å². The monoisotopic (exact) mass is 254 g/mol. The summed E-state index contributed by atoms with van der Waals surface area (Å²) in [5.74, 6) is -0.0496. The van der Waals surface area contributed by atoms with Gasteiger partial charge in [-0.25, -0.2) is 0 Å². The molecule has 0 bridgehead atoms. The molecule has 0 aliphatic heterocycles. The molecule has 0 radical (unpaired) electrons. The van der Waals surface area contributed by atoms with Crippen molar-refractivity contribution >= 4 is 11.7 Å². The molecule has 2 atom stereocenters. The van der Waals surface area contributed by atoms with Crippen LogP contribution >= 0.6 is 0 Å². The molecule has 3 N–H and O–H groups in total. The van der Waals surface area contributed by atoms with Gasteiger partial charge in [0.1, 0.15) is 5.78 Å². The Hall–Kier alpha value is -0.900. The smallest absolute Gasteiger partial charge is 0.223 e. The topological polar surface area (TPSA) is 72.2 Å². The van der Waals surface area contributed by atoms with E-state index >= 15 is 0 Å². The van der Waals surface area contributed by atoms with Gasteiger partial charge in [-0.2, -0.15) is 0 Å². The van der Waals surface area contributed by atoms with Crippen LogP contribution in [0.3, 0.4) is 0 Å². The number of carbonyl (C=O) groups excluding carboxylic acids is 2. The number of hydrogen-bond acceptors (Lipinski definition) is 3. The zero-order valence-electron chi connectivity index (χ0n) is 11.8. The molecule has 1 rings (SSSR count). The molecule has 0 spiro atoms. The van der Waals surface area contributed by atoms with Crippen molar-refractivity contribution in [3.8, 4) is 0 Å². The van der Waals surface area contributed by atoms with E-state index < -0.39 is 0 Å². The molecule has 1 amide bonds. The minimum atomic E-state index is -0.367. The summed E-state index contributed by atoms with van der Waals surface area (Å²) in [5, 5.41) is 2.82. The van der Waals surface area contributed by atoms with Crippen molar-refractivity contribution in [1.29, 1.82) is 0 Å². The highest BCUT2D eigenvalue weighted by Crippen LogP contribution is 2.35. The Morgan fingerprint density at radius 1 is 1.17 bits per heavy atom. The van der Waals surface area contributed by atoms with Gasteiger partial charge in [-0.3, -0.25) is 9.59 Å². The molecule has 1 saturated carbocycles. The van der Waals surface area contributed by atoms with Gasteiger partial charge in [0, 0.05) is 30.3 Å². The predicted molar refractivity (Wildman–Crippen MR) is 72.0 cm³/mol. The Morgan fingerprint density at radius 3 is 2.22 bits per heavy atom. The average molecular weight is 254 g/mol. The van der Waals surface area contributed by atoms with Gasteiger partial charge in [-0.1, -0.05) is 33.6 Å². The van der Waals surface area contributed by atoms with Crippen molar-refractivity contribution in [3.05, 3.63) is 0 Å². The van der Waals surface area contributed by atoms with Crippen molar-refractivity contribution in [3.63, 3.8) is 0 Å². The maximum atomic E-state index is 12.4. The van der Waals surface area contributed by atoms with Crippen LogP contribution < -0.4 is 11.1 Å². The molecule has 1 fully saturated rings. The van der Waals surface area contributed by atoms with E-state index in [1.165, 1.54) is 0 Å². The Morgan fingerprint density at radius 2 is 1.72 bits per heavy atom. The van der Waals surface area contributed by atoms with Crippen LogP contribution in [0.1, 0.15) is 46.5 Å². The van der Waals surface area contributed by atoms with Gasteiger partial charge in [0.2, 0.25) is 5.91 Å². The molecule has 1 aliphatic carbocycles. The van der Waals surface area contributed by atoms with Crippen LogP contribution in [0.15, 0.2) is 0 Å². The van der Waals surface area contributed by atoms with E-state index in [9.17, 15) is 9.59 Å². The van der Waals surface area contributed by atoms with Crippen molar-refractivity contribution in [1.82, 2.24) is 5.32 Å². The largest absolute Gasteiger partial charge is 0.355 e. The summed E-state index contributed by atoms with van der Waals surface area (Å²) in [6.45, 7) is 6.72. The lowest BCUT2D eigenvalue weighted by atomic mass is 9.70. The summed E-state index contributed by atoms with van der Waals surface area (Å²) in [6.07, 6.45) is 3.75. The molecular weight excluding hydrogens is 228 g/mol. The number of amides is 1. The van der Waals surface area contributed by atoms with E-state index in [1.807, 2.05) is 20.8 Å². The molecule has 0 saturated heterocycles. The second kappa shape index (κ2) is 6.32. The van der Waals surface area contributed by atoms with Gasteiger partial charge in [0.15, 0.2) is 0 Å². The van der Waals surface area contributed by atoms with Crippen LogP contribution in [0.25, 0.3) is 0 Å². The summed E-state index contributed by atoms with van der Waals surface area (Å²) >= 11 is 0. The molecule has 0 aromatic heterocycles. The summed E-state index contributed by atoms with van der Waals surface area (Å²) in [7, 11) is 0. The normalized spacial score (nSPS) is 24.7. The lowest BCUT2D eigenvalue weighted by molar-refractivity contribution is -0.139. The molecular formula is C14H26N2O2. The number of hydrogen-bond donors (Lipinski definition) is 2. The van der Waals surface area contributed by atoms with Crippen molar-refractivity contribution in [2.24, 2.45) is 23.0 Å². The van der Waals surface area contributed by atoms with Crippen molar-refractivity contribution in [2.75, 3.05) is 13.1 Å². The summed E-state index contributed by atoms with van der Waals surface area (Å²) < 4.78 is 0. The van der Waals surface area contributed by atoms with Gasteiger partial charge in [-0.05, 0) is 12.8 Å². The molecule has 0 aromatic rings. The highest BCUT2D eigenvalue weighted by molar-refractivity contribution is 5.91. The lowest BCUT2D eigenvalue weighted by Gasteiger charge is -2.33. The Labute approximate surface area is 110 Å². The third kappa shape index (κ3) is 3.80. The highest BCUT2D eigenvalue weighted by atomic mass is 16.2. The minimum absolute atomic E-state index is 0.00255. The standard InChI is InChI=1S/C14H26N2O2/c1-14(2,3)12(17)10-6-4-5-7-11(10)13(18)16-9-8-15/h10-11H,4-9,15H2,1-3H3,(H,16,18). The minimum Gasteiger partial charge on any atom is -0.355 e. The maximum Gasteiger partial charge on any atom is 0.223 e. The van der Waals surface area contributed by atoms with E-state index in [0.29, 0.717) is 13.1 Å². The fraction of sp³-hybridized carbons (Fsp3) is 0.857. The maximum absolute atomic E-state index is 12.4. The first-order valence-corrected chi connectivity index (χ1v) is 6.90. The van der Waals surface area contributed by atoms with Gasteiger partial charge < -0.3 is 11.1 Å². The van der Waals surface area contributed by atoms with Gasteiger partial charge in [0.25, 0.3) is 0 Å². The first kappa shape index (κ1) is 15.2. The number of Topliss-reactive ketones (excluding diaryl/α,β-unsaturated/α-hetero) is 1. The lowest BCUT2D eigenvalue weighted by Crippen LogP contribution is -2.43. The van der Waals surface area contributed by atoms with Crippen LogP contribution in [0.5, 0.6) is 0 Å². The molecule has 104 valence electrons. The van der Waals surface area contributed by atoms with Gasteiger partial charge >= 0.3 is 0 Å². The van der Waals surface area contributed by atoms with Gasteiger partial charge in [-0.15, -0.1) is 0 Å². The highest BCUT2D eigenvalue weighted by Gasteiger charge is 2.39.